The maximum absolute atomic E-state index is 11.2. The van der Waals surface area contributed by atoms with Crippen molar-refractivity contribution in [2.45, 2.75) is 18.9 Å². The van der Waals surface area contributed by atoms with Crippen molar-refractivity contribution in [2.75, 3.05) is 20.8 Å². The first-order valence-electron chi connectivity index (χ1n) is 6.32. The van der Waals surface area contributed by atoms with Crippen molar-refractivity contribution in [1.29, 1.82) is 0 Å². The molecule has 0 heterocycles. The van der Waals surface area contributed by atoms with Gasteiger partial charge in [0.2, 0.25) is 5.91 Å². The summed E-state index contributed by atoms with van der Waals surface area (Å²) in [5, 5.41) is 2.52. The highest BCUT2D eigenvalue weighted by atomic mass is 16.5. The molecule has 0 aliphatic carbocycles. The molecule has 1 unspecified atom stereocenters. The maximum Gasteiger partial charge on any atom is 0.322 e. The summed E-state index contributed by atoms with van der Waals surface area (Å²) in [6, 6.07) is 6.56. The SMILES string of the molecule is CNC(=O)CCOc1ccc(CC(N)C(=O)OC)cc1. The normalized spacial score (nSPS) is 11.6. The Bertz CT molecular complexity index is 445. The third kappa shape index (κ3) is 5.27. The van der Waals surface area contributed by atoms with Crippen LogP contribution in [0.4, 0.5) is 0 Å². The first-order chi connectivity index (χ1) is 9.56. The molecular formula is C14H20N2O4. The van der Waals surface area contributed by atoms with Crippen molar-refractivity contribution in [2.24, 2.45) is 5.73 Å². The quantitative estimate of drug-likeness (QED) is 0.698. The largest absolute Gasteiger partial charge is 0.493 e. The van der Waals surface area contributed by atoms with Crippen LogP contribution >= 0.6 is 0 Å². The Hall–Kier alpha value is -2.08. The van der Waals surface area contributed by atoms with Crippen LogP contribution in [0, 0.1) is 0 Å². The lowest BCUT2D eigenvalue weighted by atomic mass is 10.1. The molecule has 1 rings (SSSR count). The van der Waals surface area contributed by atoms with E-state index in [1.807, 2.05) is 12.1 Å². The lowest BCUT2D eigenvalue weighted by molar-refractivity contribution is -0.142. The van der Waals surface area contributed by atoms with Crippen molar-refractivity contribution in [3.05, 3.63) is 29.8 Å². The van der Waals surface area contributed by atoms with Gasteiger partial charge in [0.05, 0.1) is 20.1 Å². The monoisotopic (exact) mass is 280 g/mol. The number of rotatable bonds is 7. The van der Waals surface area contributed by atoms with Crippen LogP contribution in [0.2, 0.25) is 0 Å². The number of hydrogen-bond donors (Lipinski definition) is 2. The van der Waals surface area contributed by atoms with E-state index in [2.05, 4.69) is 10.1 Å². The average Bonchev–Trinajstić information content (AvgIpc) is 2.47. The number of ether oxygens (including phenoxy) is 2. The van der Waals surface area contributed by atoms with E-state index in [1.165, 1.54) is 7.11 Å². The predicted octanol–water partition coefficient (Wildman–Crippen LogP) is 0.244. The van der Waals surface area contributed by atoms with Gasteiger partial charge in [-0.25, -0.2) is 0 Å². The molecule has 0 aliphatic heterocycles. The Labute approximate surface area is 118 Å². The van der Waals surface area contributed by atoms with Gasteiger partial charge in [0.15, 0.2) is 0 Å². The van der Waals surface area contributed by atoms with E-state index in [1.54, 1.807) is 19.2 Å². The first kappa shape index (κ1) is 16.0. The van der Waals surface area contributed by atoms with Crippen LogP contribution in [0.1, 0.15) is 12.0 Å². The molecule has 0 saturated heterocycles. The summed E-state index contributed by atoms with van der Waals surface area (Å²) in [5.74, 6) is 0.172. The Kier molecular flexibility index (Phi) is 6.52. The van der Waals surface area contributed by atoms with Gasteiger partial charge in [-0.15, -0.1) is 0 Å². The van der Waals surface area contributed by atoms with Crippen molar-refractivity contribution >= 4 is 11.9 Å². The van der Waals surface area contributed by atoms with Gasteiger partial charge in [0.25, 0.3) is 0 Å². The van der Waals surface area contributed by atoms with E-state index in [0.29, 0.717) is 25.2 Å². The molecule has 0 saturated carbocycles. The molecule has 20 heavy (non-hydrogen) atoms. The van der Waals surface area contributed by atoms with Crippen molar-refractivity contribution < 1.29 is 19.1 Å². The van der Waals surface area contributed by atoms with Gasteiger partial charge in [-0.05, 0) is 24.1 Å². The number of amides is 1. The van der Waals surface area contributed by atoms with Crippen molar-refractivity contribution in [1.82, 2.24) is 5.32 Å². The third-order valence-corrected chi connectivity index (χ3v) is 2.76. The summed E-state index contributed by atoms with van der Waals surface area (Å²) >= 11 is 0. The topological polar surface area (TPSA) is 90.6 Å². The molecule has 0 radical (unpaired) electrons. The van der Waals surface area contributed by atoms with E-state index in [9.17, 15) is 9.59 Å². The molecule has 1 atom stereocenters. The lowest BCUT2D eigenvalue weighted by Gasteiger charge is -2.10. The second-order valence-electron chi connectivity index (χ2n) is 4.25. The fourth-order valence-corrected chi connectivity index (χ4v) is 1.60. The summed E-state index contributed by atoms with van der Waals surface area (Å²) in [6.45, 7) is 0.320. The van der Waals surface area contributed by atoms with Crippen LogP contribution in [0.5, 0.6) is 5.75 Å². The number of carbonyl (C=O) groups is 2. The van der Waals surface area contributed by atoms with Gasteiger partial charge in [-0.1, -0.05) is 12.1 Å². The molecule has 6 nitrogen and oxygen atoms in total. The number of nitrogens with one attached hydrogen (secondary N) is 1. The van der Waals surface area contributed by atoms with Gasteiger partial charge >= 0.3 is 5.97 Å². The molecule has 0 spiro atoms. The second kappa shape index (κ2) is 8.16. The standard InChI is InChI=1S/C14H20N2O4/c1-16-13(17)7-8-20-11-5-3-10(4-6-11)9-12(15)14(18)19-2/h3-6,12H,7-9,15H2,1-2H3,(H,16,17). The van der Waals surface area contributed by atoms with E-state index in [0.717, 1.165) is 5.56 Å². The Balaban J connectivity index is 2.44. The average molecular weight is 280 g/mol. The van der Waals surface area contributed by atoms with Crippen LogP contribution in [0.25, 0.3) is 0 Å². The summed E-state index contributed by atoms with van der Waals surface area (Å²) in [5.41, 5.74) is 6.59. The fourth-order valence-electron chi connectivity index (χ4n) is 1.60. The summed E-state index contributed by atoms with van der Waals surface area (Å²) in [4.78, 5) is 22.2. The lowest BCUT2D eigenvalue weighted by Crippen LogP contribution is -2.33. The first-order valence-corrected chi connectivity index (χ1v) is 6.32. The van der Waals surface area contributed by atoms with Crippen molar-refractivity contribution in [3.8, 4) is 5.75 Å². The Morgan fingerprint density at radius 1 is 1.30 bits per heavy atom. The summed E-state index contributed by atoms with van der Waals surface area (Å²) in [6.07, 6.45) is 0.719. The summed E-state index contributed by atoms with van der Waals surface area (Å²) in [7, 11) is 2.90. The Morgan fingerprint density at radius 3 is 2.50 bits per heavy atom. The third-order valence-electron chi connectivity index (χ3n) is 2.76. The minimum absolute atomic E-state index is 0.0642. The van der Waals surface area contributed by atoms with E-state index in [4.69, 9.17) is 10.5 Å². The molecule has 1 amide bonds. The molecule has 0 aliphatic rings. The number of esters is 1. The molecule has 6 heteroatoms. The predicted molar refractivity (Wildman–Crippen MR) is 74.3 cm³/mol. The van der Waals surface area contributed by atoms with Crippen LogP contribution in [0.3, 0.4) is 0 Å². The Morgan fingerprint density at radius 2 is 1.95 bits per heavy atom. The molecule has 1 aromatic rings. The maximum atomic E-state index is 11.2. The van der Waals surface area contributed by atoms with Gasteiger partial charge in [-0.2, -0.15) is 0 Å². The zero-order chi connectivity index (χ0) is 15.0. The number of nitrogens with two attached hydrogens (primary N) is 1. The van der Waals surface area contributed by atoms with Crippen LogP contribution in [-0.4, -0.2) is 38.7 Å². The molecule has 1 aromatic carbocycles. The van der Waals surface area contributed by atoms with Gasteiger partial charge in [0.1, 0.15) is 11.8 Å². The van der Waals surface area contributed by atoms with Crippen molar-refractivity contribution in [3.63, 3.8) is 0 Å². The minimum Gasteiger partial charge on any atom is -0.493 e. The van der Waals surface area contributed by atoms with Crippen LogP contribution in [0.15, 0.2) is 24.3 Å². The number of hydrogen-bond acceptors (Lipinski definition) is 5. The smallest absolute Gasteiger partial charge is 0.322 e. The molecule has 3 N–H and O–H groups in total. The highest BCUT2D eigenvalue weighted by Gasteiger charge is 2.13. The molecule has 0 fully saturated rings. The highest BCUT2D eigenvalue weighted by molar-refractivity contribution is 5.76. The van der Waals surface area contributed by atoms with Crippen LogP contribution < -0.4 is 15.8 Å². The molecular weight excluding hydrogens is 260 g/mol. The van der Waals surface area contributed by atoms with E-state index >= 15 is 0 Å². The second-order valence-corrected chi connectivity index (χ2v) is 4.25. The molecule has 0 bridgehead atoms. The number of methoxy groups -OCH3 is 1. The van der Waals surface area contributed by atoms with E-state index in [-0.39, 0.29) is 5.91 Å². The highest BCUT2D eigenvalue weighted by Crippen LogP contribution is 2.13. The zero-order valence-corrected chi connectivity index (χ0v) is 11.7. The molecule has 110 valence electrons. The van der Waals surface area contributed by atoms with Gasteiger partial charge < -0.3 is 20.5 Å². The summed E-state index contributed by atoms with van der Waals surface area (Å²) < 4.78 is 9.99. The van der Waals surface area contributed by atoms with Gasteiger partial charge in [-0.3, -0.25) is 9.59 Å². The zero-order valence-electron chi connectivity index (χ0n) is 11.7. The van der Waals surface area contributed by atoms with Gasteiger partial charge in [0, 0.05) is 7.05 Å². The van der Waals surface area contributed by atoms with E-state index < -0.39 is 12.0 Å². The number of benzene rings is 1. The fraction of sp³-hybridized carbons (Fsp3) is 0.429. The van der Waals surface area contributed by atoms with Crippen LogP contribution in [-0.2, 0) is 20.7 Å². The minimum atomic E-state index is -0.667. The molecule has 0 aromatic heterocycles. The number of carbonyl (C=O) groups excluding carboxylic acids is 2.